The quantitative estimate of drug-likeness (QED) is 0.855. The first-order valence-corrected chi connectivity index (χ1v) is 8.37. The van der Waals surface area contributed by atoms with E-state index in [0.29, 0.717) is 11.3 Å². The normalized spacial score (nSPS) is 26.0. The Morgan fingerprint density at radius 2 is 1.76 bits per heavy atom. The number of carbonyl (C=O) groups excluding carboxylic acids is 2. The maximum atomic E-state index is 12.4. The molecule has 0 bridgehead atoms. The van der Waals surface area contributed by atoms with Gasteiger partial charge in [0, 0.05) is 0 Å². The van der Waals surface area contributed by atoms with Gasteiger partial charge in [-0.2, -0.15) is 0 Å². The van der Waals surface area contributed by atoms with E-state index < -0.39 is 25.1 Å². The molecule has 1 heterocycles. The summed E-state index contributed by atoms with van der Waals surface area (Å²) in [5, 5.41) is 5.59. The average molecular weight is 352 g/mol. The zero-order chi connectivity index (χ0) is 18.2. The van der Waals surface area contributed by atoms with Crippen LogP contribution < -0.4 is 15.4 Å². The monoisotopic (exact) mass is 352 g/mol. The summed E-state index contributed by atoms with van der Waals surface area (Å²) in [6.45, 7) is 3.61. The number of hydrogen-bond acceptors (Lipinski definition) is 3. The number of amides is 2. The lowest BCUT2D eigenvalue weighted by Gasteiger charge is -2.47. The summed E-state index contributed by atoms with van der Waals surface area (Å²) in [5.74, 6) is 0.0323. The van der Waals surface area contributed by atoms with Crippen molar-refractivity contribution in [3.05, 3.63) is 29.8 Å². The Hall–Kier alpha value is -2.18. The maximum absolute atomic E-state index is 12.4. The van der Waals surface area contributed by atoms with Gasteiger partial charge in [0.05, 0.1) is 0 Å². The highest BCUT2D eigenvalue weighted by Crippen LogP contribution is 2.46. The SMILES string of the molecule is CC1(C)CC(C2NC(=O)C(c3ccc(OCC(F)F)cc3)NC2=O)C1. The van der Waals surface area contributed by atoms with E-state index in [1.807, 2.05) is 0 Å². The third kappa shape index (κ3) is 3.91. The fourth-order valence-corrected chi connectivity index (χ4v) is 3.68. The van der Waals surface area contributed by atoms with Gasteiger partial charge >= 0.3 is 0 Å². The van der Waals surface area contributed by atoms with Crippen molar-refractivity contribution in [3.63, 3.8) is 0 Å². The molecule has 5 nitrogen and oxygen atoms in total. The topological polar surface area (TPSA) is 67.4 Å². The molecule has 0 spiro atoms. The third-order valence-electron chi connectivity index (χ3n) is 4.82. The van der Waals surface area contributed by atoms with Gasteiger partial charge in [-0.25, -0.2) is 8.78 Å². The smallest absolute Gasteiger partial charge is 0.272 e. The number of rotatable bonds is 5. The molecule has 136 valence electrons. The molecule has 2 amide bonds. The molecular weight excluding hydrogens is 330 g/mol. The fourth-order valence-electron chi connectivity index (χ4n) is 3.68. The highest BCUT2D eigenvalue weighted by molar-refractivity contribution is 5.97. The van der Waals surface area contributed by atoms with Crippen LogP contribution in [0.15, 0.2) is 24.3 Å². The fraction of sp³-hybridized carbons (Fsp3) is 0.556. The lowest BCUT2D eigenvalue weighted by atomic mass is 9.61. The number of benzene rings is 1. The van der Waals surface area contributed by atoms with Crippen LogP contribution in [0.4, 0.5) is 8.78 Å². The van der Waals surface area contributed by atoms with Gasteiger partial charge in [-0.1, -0.05) is 26.0 Å². The van der Waals surface area contributed by atoms with Gasteiger partial charge in [0.2, 0.25) is 11.8 Å². The van der Waals surface area contributed by atoms with Crippen molar-refractivity contribution < 1.29 is 23.1 Å². The van der Waals surface area contributed by atoms with Crippen LogP contribution in [0, 0.1) is 11.3 Å². The summed E-state index contributed by atoms with van der Waals surface area (Å²) >= 11 is 0. The molecule has 7 heteroatoms. The molecule has 1 aliphatic carbocycles. The van der Waals surface area contributed by atoms with Crippen molar-refractivity contribution in [1.82, 2.24) is 10.6 Å². The van der Waals surface area contributed by atoms with Crippen molar-refractivity contribution in [2.75, 3.05) is 6.61 Å². The first kappa shape index (κ1) is 17.6. The van der Waals surface area contributed by atoms with Gasteiger partial charge in [-0.05, 0) is 41.9 Å². The van der Waals surface area contributed by atoms with Crippen LogP contribution in [-0.2, 0) is 9.59 Å². The van der Waals surface area contributed by atoms with Gasteiger partial charge in [0.25, 0.3) is 6.43 Å². The Morgan fingerprint density at radius 3 is 2.32 bits per heavy atom. The van der Waals surface area contributed by atoms with Crippen molar-refractivity contribution in [3.8, 4) is 5.75 Å². The summed E-state index contributed by atoms with van der Waals surface area (Å²) in [6, 6.07) is 4.96. The molecule has 0 aromatic heterocycles. The van der Waals surface area contributed by atoms with Crippen LogP contribution >= 0.6 is 0 Å². The maximum Gasteiger partial charge on any atom is 0.272 e. The van der Waals surface area contributed by atoms with Gasteiger partial charge in [0.15, 0.2) is 0 Å². The van der Waals surface area contributed by atoms with Crippen LogP contribution in [0.2, 0.25) is 0 Å². The number of ether oxygens (including phenoxy) is 1. The Morgan fingerprint density at radius 1 is 1.12 bits per heavy atom. The zero-order valence-electron chi connectivity index (χ0n) is 14.2. The van der Waals surface area contributed by atoms with E-state index in [4.69, 9.17) is 4.74 Å². The van der Waals surface area contributed by atoms with E-state index in [1.165, 1.54) is 12.1 Å². The largest absolute Gasteiger partial charge is 0.488 e. The van der Waals surface area contributed by atoms with E-state index in [2.05, 4.69) is 24.5 Å². The van der Waals surface area contributed by atoms with Crippen molar-refractivity contribution in [2.24, 2.45) is 11.3 Å². The van der Waals surface area contributed by atoms with Crippen LogP contribution in [-0.4, -0.2) is 30.9 Å². The molecule has 2 fully saturated rings. The number of hydrogen-bond donors (Lipinski definition) is 2. The number of piperazine rings is 1. The molecule has 3 rings (SSSR count). The van der Waals surface area contributed by atoms with E-state index >= 15 is 0 Å². The number of nitrogens with one attached hydrogen (secondary N) is 2. The Kier molecular flexibility index (Phi) is 4.67. The van der Waals surface area contributed by atoms with Gasteiger partial charge in [-0.3, -0.25) is 9.59 Å². The minimum absolute atomic E-state index is 0.171. The highest BCUT2D eigenvalue weighted by atomic mass is 19.3. The van der Waals surface area contributed by atoms with Crippen LogP contribution in [0.25, 0.3) is 0 Å². The zero-order valence-corrected chi connectivity index (χ0v) is 14.2. The second-order valence-electron chi connectivity index (χ2n) is 7.53. The van der Waals surface area contributed by atoms with E-state index in [9.17, 15) is 18.4 Å². The lowest BCUT2D eigenvalue weighted by molar-refractivity contribution is -0.140. The number of carbonyl (C=O) groups is 2. The van der Waals surface area contributed by atoms with Crippen LogP contribution in [0.1, 0.15) is 38.3 Å². The van der Waals surface area contributed by atoms with Gasteiger partial charge in [-0.15, -0.1) is 0 Å². The molecule has 2 atom stereocenters. The Labute approximate surface area is 145 Å². The molecule has 25 heavy (non-hydrogen) atoms. The van der Waals surface area contributed by atoms with E-state index in [0.717, 1.165) is 12.8 Å². The van der Waals surface area contributed by atoms with E-state index in [-0.39, 0.29) is 23.1 Å². The summed E-state index contributed by atoms with van der Waals surface area (Å²) in [5.41, 5.74) is 0.809. The molecule has 0 radical (unpaired) electrons. The first-order chi connectivity index (χ1) is 11.7. The Balaban J connectivity index is 1.62. The molecule has 2 unspecified atom stereocenters. The molecule has 1 aliphatic heterocycles. The number of alkyl halides is 2. The van der Waals surface area contributed by atoms with E-state index in [1.54, 1.807) is 12.1 Å². The summed E-state index contributed by atoms with van der Waals surface area (Å²) in [7, 11) is 0. The summed E-state index contributed by atoms with van der Waals surface area (Å²) in [4.78, 5) is 24.8. The molecular formula is C18H22F2N2O3. The molecule has 1 saturated carbocycles. The second kappa shape index (κ2) is 6.61. The molecule has 1 aromatic rings. The standard InChI is InChI=1S/C18H22F2N2O3/c1-18(2)7-11(8-18)15-17(24)21-14(16(23)22-15)10-3-5-12(6-4-10)25-9-13(19)20/h3-6,11,13-15H,7-9H2,1-2H3,(H,21,24)(H,22,23). The van der Waals surface area contributed by atoms with Crippen LogP contribution in [0.5, 0.6) is 5.75 Å². The van der Waals surface area contributed by atoms with Crippen molar-refractivity contribution in [1.29, 1.82) is 0 Å². The predicted octanol–water partition coefficient (Wildman–Crippen LogP) is 2.42. The predicted molar refractivity (Wildman–Crippen MR) is 87.3 cm³/mol. The minimum atomic E-state index is -2.54. The molecule has 2 N–H and O–H groups in total. The Bertz CT molecular complexity index is 653. The average Bonchev–Trinajstić information content (AvgIpc) is 2.53. The van der Waals surface area contributed by atoms with Crippen molar-refractivity contribution in [2.45, 2.75) is 45.2 Å². The molecule has 2 aliphatic rings. The third-order valence-corrected chi connectivity index (χ3v) is 4.82. The lowest BCUT2D eigenvalue weighted by Crippen LogP contribution is -2.62. The van der Waals surface area contributed by atoms with Gasteiger partial charge < -0.3 is 15.4 Å². The number of halogens is 2. The summed E-state index contributed by atoms with van der Waals surface area (Å²) in [6.07, 6.45) is -0.727. The van der Waals surface area contributed by atoms with Crippen molar-refractivity contribution >= 4 is 11.8 Å². The van der Waals surface area contributed by atoms with Crippen LogP contribution in [0.3, 0.4) is 0 Å². The van der Waals surface area contributed by atoms with Gasteiger partial charge in [0.1, 0.15) is 24.4 Å². The molecule has 1 saturated heterocycles. The first-order valence-electron chi connectivity index (χ1n) is 8.37. The highest BCUT2D eigenvalue weighted by Gasteiger charge is 2.46. The summed E-state index contributed by atoms with van der Waals surface area (Å²) < 4.78 is 29.2. The molecule has 1 aromatic carbocycles. The second-order valence-corrected chi connectivity index (χ2v) is 7.53. The minimum Gasteiger partial charge on any atom is -0.488 e.